The zero-order valence-corrected chi connectivity index (χ0v) is 61.8. The second kappa shape index (κ2) is 34.3. The van der Waals surface area contributed by atoms with E-state index in [0.29, 0.717) is 69.6 Å². The second-order valence-corrected chi connectivity index (χ2v) is 29.3. The fourth-order valence-corrected chi connectivity index (χ4v) is 13.7. The molecule has 4 aromatic heterocycles. The van der Waals surface area contributed by atoms with Crippen LogP contribution in [0, 0.1) is 25.7 Å². The lowest BCUT2D eigenvalue weighted by Crippen LogP contribution is -2.59. The van der Waals surface area contributed by atoms with E-state index in [1.54, 1.807) is 84.0 Å². The maximum absolute atomic E-state index is 12.8. The largest absolute Gasteiger partial charge is 0.462 e. The molecule has 0 aliphatic carbocycles. The van der Waals surface area contributed by atoms with Crippen molar-refractivity contribution in [1.82, 2.24) is 19.6 Å². The van der Waals surface area contributed by atoms with Crippen molar-refractivity contribution in [2.24, 2.45) is 11.8 Å². The first-order chi connectivity index (χ1) is 48.4. The van der Waals surface area contributed by atoms with Gasteiger partial charge < -0.3 is 53.5 Å². The number of allylic oxidation sites excluding steroid dienone is 1. The molecule has 12 rings (SSSR count). The van der Waals surface area contributed by atoms with E-state index < -0.39 is 59.4 Å². The highest BCUT2D eigenvalue weighted by Gasteiger charge is 2.49. The van der Waals surface area contributed by atoms with Gasteiger partial charge >= 0.3 is 11.3 Å². The van der Waals surface area contributed by atoms with Crippen LogP contribution in [0.15, 0.2) is 146 Å². The molecule has 2 fully saturated rings. The van der Waals surface area contributed by atoms with E-state index in [4.69, 9.17) is 84.4 Å². The van der Waals surface area contributed by atoms with Crippen LogP contribution in [0.4, 0.5) is 5.69 Å². The van der Waals surface area contributed by atoms with E-state index in [9.17, 15) is 39.6 Å². The van der Waals surface area contributed by atoms with Gasteiger partial charge in [-0.3, -0.25) is 19.0 Å². The molecule has 2 aliphatic rings. The molecule has 0 radical (unpaired) electrons. The van der Waals surface area contributed by atoms with Gasteiger partial charge in [-0.15, -0.1) is 0 Å². The number of benzene rings is 6. The standard InChI is InChI=1S/C43H53NO14.C18H18Cl2N2.C18H16Cl2N2.CH4/c1-22-34(47)36(49)40(57-42(22,3)4)53-28-15-13-24-17-26(38(51)55-31(24)20-28)18-27(45)11-9-7-8-10-12-33(46)44-30-19-25-14-16-29(21-32(25)56-39(30)52)54-41-37(50)35(48)23(2)43(5,6)58-41;2*1-3-4-17-16-6-5-12(2)7-18(16)22(21-17)11-13-8-14(19)10-15(20)9-13;/h13-17,19-23,34-37,40-41,47-50H,7-12,18H2,1-6H3,(H,44,46);5-10H,3-4,11H2,1-2H3;3-10H,11H2,1-2H3;1H4/b;;4-3+;/t22-,23-,34+,35+,36?,37?,40-,41-;;;/m1.../s1. The summed E-state index contributed by atoms with van der Waals surface area (Å²) in [5.74, 6) is -0.619. The van der Waals surface area contributed by atoms with Crippen LogP contribution in [-0.4, -0.2) is 99.9 Å². The van der Waals surface area contributed by atoms with Crippen LogP contribution in [0.2, 0.25) is 20.1 Å². The van der Waals surface area contributed by atoms with E-state index >= 15 is 0 Å². The van der Waals surface area contributed by atoms with Gasteiger partial charge in [0.1, 0.15) is 46.3 Å². The average Bonchev–Trinajstić information content (AvgIpc) is 1.71. The number of carbonyl (C=O) groups is 2. The van der Waals surface area contributed by atoms with Crippen LogP contribution >= 0.6 is 46.4 Å². The van der Waals surface area contributed by atoms with E-state index in [2.05, 4.69) is 67.2 Å². The Balaban J connectivity index is 0.000000221. The predicted molar refractivity (Wildman–Crippen MR) is 407 cm³/mol. The normalized spacial score (nSPS) is 19.9. The van der Waals surface area contributed by atoms with Crippen molar-refractivity contribution in [3.8, 4) is 11.5 Å². The van der Waals surface area contributed by atoms with Crippen LogP contribution in [0.5, 0.6) is 11.5 Å². The van der Waals surface area contributed by atoms with E-state index in [0.717, 1.165) is 46.3 Å². The Hall–Kier alpha value is -7.92. The molecule has 19 nitrogen and oxygen atoms in total. The number of aliphatic hydroxyl groups excluding tert-OH is 4. The van der Waals surface area contributed by atoms with E-state index in [1.165, 1.54) is 40.2 Å². The smallest absolute Gasteiger partial charge is 0.360 e. The van der Waals surface area contributed by atoms with Gasteiger partial charge in [-0.25, -0.2) is 9.59 Å². The molecule has 0 bridgehead atoms. The molecule has 6 aromatic carbocycles. The number of aryl methyl sites for hydroxylation is 3. The first kappa shape index (κ1) is 79.2. The monoisotopic (exact) mass is 1490 g/mol. The van der Waals surface area contributed by atoms with Gasteiger partial charge in [-0.05, 0) is 181 Å². The SMILES string of the molecule is C.C/C=C/c1nn(Cc2cc(Cl)cc(Cl)c2)c2cc(C)ccc12.CCCc1nn(Cc2cc(Cl)cc(Cl)c2)c2cc(C)ccc12.C[C@@H]1[C@H](O)C(O)[C@H](Oc2ccc3cc(CC(=O)CCCCCCC(=O)Nc4cc5ccc(O[C@@H]6OC(C)(C)[C@H](C)[C@H](O)C6O)cc5oc4=O)c(=O)oc3c2)OC1(C)C. The van der Waals surface area contributed by atoms with Crippen molar-refractivity contribution in [1.29, 1.82) is 0 Å². The summed E-state index contributed by atoms with van der Waals surface area (Å²) in [6.07, 6.45) is 1.92. The Labute approximate surface area is 619 Å². The van der Waals surface area contributed by atoms with Gasteiger partial charge in [0.2, 0.25) is 18.5 Å². The van der Waals surface area contributed by atoms with E-state index in [-0.39, 0.29) is 84.1 Å². The maximum atomic E-state index is 12.8. The molecule has 8 atom stereocenters. The summed E-state index contributed by atoms with van der Waals surface area (Å²) in [6, 6.07) is 36.7. The number of nitrogens with zero attached hydrogens (tertiary/aromatic N) is 4. The summed E-state index contributed by atoms with van der Waals surface area (Å²) in [7, 11) is 0. The van der Waals surface area contributed by atoms with Crippen molar-refractivity contribution < 1.29 is 57.8 Å². The first-order valence-corrected chi connectivity index (χ1v) is 35.8. The number of amides is 1. The number of rotatable bonds is 21. The Kier molecular flexibility index (Phi) is 26.4. The number of halogens is 4. The molecule has 23 heteroatoms. The fraction of sp³-hybridized carbons (Fsp3) is 0.400. The lowest BCUT2D eigenvalue weighted by atomic mass is 9.82. The number of Topliss-reactive ketones (excluding diaryl/α,β-unsaturated/α-hetero) is 1. The maximum Gasteiger partial charge on any atom is 0.360 e. The van der Waals surface area contributed by atoms with Gasteiger partial charge in [0.15, 0.2) is 0 Å². The van der Waals surface area contributed by atoms with Gasteiger partial charge in [-0.2, -0.15) is 10.2 Å². The lowest BCUT2D eigenvalue weighted by molar-refractivity contribution is -0.285. The van der Waals surface area contributed by atoms with Crippen LogP contribution in [0.3, 0.4) is 0 Å². The molecule has 0 saturated carbocycles. The third-order valence-electron chi connectivity index (χ3n) is 18.8. The first-order valence-electron chi connectivity index (χ1n) is 34.3. The fourth-order valence-electron chi connectivity index (χ4n) is 12.6. The second-order valence-electron chi connectivity index (χ2n) is 27.5. The van der Waals surface area contributed by atoms with Crippen molar-refractivity contribution >= 4 is 114 Å². The minimum absolute atomic E-state index is 0. The molecule has 6 heterocycles. The quantitative estimate of drug-likeness (QED) is 0.0331. The lowest BCUT2D eigenvalue weighted by Gasteiger charge is -2.46. The minimum atomic E-state index is -1.29. The molecule has 2 unspecified atom stereocenters. The topological polar surface area (TPSA) is 260 Å². The number of hydrogen-bond donors (Lipinski definition) is 5. The highest BCUT2D eigenvalue weighted by Crippen LogP contribution is 2.38. The number of unbranched alkanes of at least 4 members (excludes halogenated alkanes) is 3. The number of ketones is 1. The van der Waals surface area contributed by atoms with E-state index in [1.807, 2.05) is 48.0 Å². The Morgan fingerprint density at radius 1 is 0.592 bits per heavy atom. The van der Waals surface area contributed by atoms with Crippen LogP contribution in [0.1, 0.15) is 147 Å². The molecule has 1 amide bonds. The summed E-state index contributed by atoms with van der Waals surface area (Å²) >= 11 is 24.4. The predicted octanol–water partition coefficient (Wildman–Crippen LogP) is 16.8. The molecule has 103 heavy (non-hydrogen) atoms. The highest BCUT2D eigenvalue weighted by atomic mass is 35.5. The number of carbonyl (C=O) groups excluding carboxylic acids is 2. The molecule has 2 aliphatic heterocycles. The van der Waals surface area contributed by atoms with Gasteiger partial charge in [0.05, 0.1) is 58.9 Å². The molecule has 2 saturated heterocycles. The highest BCUT2D eigenvalue weighted by molar-refractivity contribution is 6.35. The zero-order valence-electron chi connectivity index (χ0n) is 58.8. The third-order valence-corrected chi connectivity index (χ3v) is 19.7. The molecular formula is C80H91Cl4N5O14. The van der Waals surface area contributed by atoms with Crippen molar-refractivity contribution in [2.75, 3.05) is 5.32 Å². The number of hydrogen-bond acceptors (Lipinski definition) is 16. The van der Waals surface area contributed by atoms with Crippen molar-refractivity contribution in [3.63, 3.8) is 0 Å². The number of nitrogens with one attached hydrogen (secondary N) is 1. The Bertz CT molecular complexity index is 4630. The Morgan fingerprint density at radius 2 is 1.07 bits per heavy atom. The van der Waals surface area contributed by atoms with Crippen molar-refractivity contribution in [2.45, 2.75) is 196 Å². The molecule has 548 valence electrons. The number of fused-ring (bicyclic) bond motifs is 4. The van der Waals surface area contributed by atoms with Gasteiger partial charge in [-0.1, -0.05) is 124 Å². The van der Waals surface area contributed by atoms with Gasteiger partial charge in [0.25, 0.3) is 0 Å². The molecule has 0 spiro atoms. The number of ether oxygens (including phenoxy) is 4. The summed E-state index contributed by atoms with van der Waals surface area (Å²) in [6.45, 7) is 20.4. The molecule has 5 N–H and O–H groups in total. The van der Waals surface area contributed by atoms with Crippen molar-refractivity contribution in [3.05, 3.63) is 208 Å². The summed E-state index contributed by atoms with van der Waals surface area (Å²) in [4.78, 5) is 50.9. The minimum Gasteiger partial charge on any atom is -0.462 e. The molecule has 10 aromatic rings. The zero-order chi connectivity index (χ0) is 73.5. The number of aromatic nitrogens is 4. The van der Waals surface area contributed by atoms with Crippen LogP contribution < -0.4 is 26.0 Å². The third kappa shape index (κ3) is 19.7. The summed E-state index contributed by atoms with van der Waals surface area (Å²) in [5.41, 5.74) is 6.71. The number of aliphatic hydroxyl groups is 4. The molecular weight excluding hydrogens is 1400 g/mol. The number of anilines is 1. The van der Waals surface area contributed by atoms with Crippen LogP contribution in [0.25, 0.3) is 49.8 Å². The van der Waals surface area contributed by atoms with Crippen LogP contribution in [-0.2, 0) is 45.0 Å². The summed E-state index contributed by atoms with van der Waals surface area (Å²) in [5, 5.41) is 60.1. The van der Waals surface area contributed by atoms with Gasteiger partial charge in [0, 0.05) is 90.4 Å². The Morgan fingerprint density at radius 3 is 1.58 bits per heavy atom. The average molecular weight is 1490 g/mol. The summed E-state index contributed by atoms with van der Waals surface area (Å²) < 4.78 is 38.4.